The van der Waals surface area contributed by atoms with Gasteiger partial charge in [-0.25, -0.2) is 4.98 Å². The van der Waals surface area contributed by atoms with Crippen LogP contribution in [0.5, 0.6) is 5.75 Å². The fourth-order valence-corrected chi connectivity index (χ4v) is 2.38. The van der Waals surface area contributed by atoms with Crippen molar-refractivity contribution < 1.29 is 18.6 Å². The number of alkyl halides is 1. The van der Waals surface area contributed by atoms with Crippen LogP contribution in [-0.4, -0.2) is 43.5 Å². The fourth-order valence-electron chi connectivity index (χ4n) is 2.24. The lowest BCUT2D eigenvalue weighted by atomic mass is 10.2. The number of ether oxygens (including phenoxy) is 3. The summed E-state index contributed by atoms with van der Waals surface area (Å²) >= 11 is 5.73. The van der Waals surface area contributed by atoms with E-state index in [0.717, 1.165) is 22.4 Å². The molecule has 0 aliphatic heterocycles. The monoisotopic (exact) mass is 362 g/mol. The summed E-state index contributed by atoms with van der Waals surface area (Å²) in [5.74, 6) is 1.72. The predicted octanol–water partition coefficient (Wildman–Crippen LogP) is 3.67. The maximum Gasteiger partial charge on any atom is 0.155 e. The molecule has 25 heavy (non-hydrogen) atoms. The second-order valence-electron chi connectivity index (χ2n) is 5.29. The third-order valence-electron chi connectivity index (χ3n) is 3.51. The van der Waals surface area contributed by atoms with Crippen molar-refractivity contribution in [1.29, 1.82) is 0 Å². The van der Waals surface area contributed by atoms with Crippen LogP contribution in [0.25, 0.3) is 22.4 Å². The van der Waals surface area contributed by atoms with Crippen LogP contribution in [0.15, 0.2) is 41.1 Å². The Labute approximate surface area is 150 Å². The summed E-state index contributed by atoms with van der Waals surface area (Å²) in [5, 5.41) is 0.974. The van der Waals surface area contributed by atoms with E-state index in [-0.39, 0.29) is 0 Å². The molecule has 0 N–H and O–H groups in total. The van der Waals surface area contributed by atoms with Gasteiger partial charge in [0.05, 0.1) is 43.8 Å². The summed E-state index contributed by atoms with van der Waals surface area (Å²) in [5.41, 5.74) is 2.13. The zero-order valence-electron chi connectivity index (χ0n) is 13.9. The summed E-state index contributed by atoms with van der Waals surface area (Å²) in [6, 6.07) is 7.63. The second kappa shape index (κ2) is 8.80. The predicted molar refractivity (Wildman–Crippen MR) is 95.0 cm³/mol. The number of aromatic nitrogens is 2. The molecular weight excluding hydrogens is 344 g/mol. The highest BCUT2D eigenvalue weighted by molar-refractivity contribution is 6.16. The zero-order valence-corrected chi connectivity index (χ0v) is 14.7. The van der Waals surface area contributed by atoms with Crippen LogP contribution in [0, 0.1) is 0 Å². The minimum absolute atomic E-state index is 0.337. The molecular formula is C18H19ClN2O4. The van der Waals surface area contributed by atoms with Gasteiger partial charge in [-0.05, 0) is 18.2 Å². The van der Waals surface area contributed by atoms with Gasteiger partial charge < -0.3 is 18.6 Å². The maximum absolute atomic E-state index is 5.86. The molecule has 6 nitrogen and oxygen atoms in total. The number of hydrogen-bond donors (Lipinski definition) is 0. The van der Waals surface area contributed by atoms with Crippen LogP contribution >= 0.6 is 11.6 Å². The maximum atomic E-state index is 5.86. The average molecular weight is 363 g/mol. The number of nitrogens with zero attached hydrogens (tertiary/aromatic N) is 2. The molecule has 1 aromatic carbocycles. The van der Waals surface area contributed by atoms with E-state index in [1.54, 1.807) is 19.5 Å². The number of halogens is 1. The minimum atomic E-state index is 0.337. The number of rotatable bonds is 9. The van der Waals surface area contributed by atoms with Crippen molar-refractivity contribution in [3.05, 3.63) is 42.4 Å². The first-order valence-corrected chi connectivity index (χ1v) is 8.44. The van der Waals surface area contributed by atoms with Gasteiger partial charge >= 0.3 is 0 Å². The molecule has 0 aliphatic rings. The van der Waals surface area contributed by atoms with E-state index in [1.807, 2.05) is 24.3 Å². The molecule has 0 fully saturated rings. The molecule has 0 aliphatic carbocycles. The van der Waals surface area contributed by atoms with E-state index in [0.29, 0.717) is 43.8 Å². The Morgan fingerprint density at radius 3 is 2.68 bits per heavy atom. The lowest BCUT2D eigenvalue weighted by Gasteiger charge is -2.06. The summed E-state index contributed by atoms with van der Waals surface area (Å²) in [4.78, 5) is 8.55. The minimum Gasteiger partial charge on any atom is -0.491 e. The van der Waals surface area contributed by atoms with E-state index in [9.17, 15) is 0 Å². The number of furan rings is 1. The lowest BCUT2D eigenvalue weighted by Crippen LogP contribution is -2.09. The Balaban J connectivity index is 1.64. The SMILES string of the molecule is COCCOCCOc1ccc2cc(-c3cnc(CCl)cn3)oc2c1. The van der Waals surface area contributed by atoms with Crippen molar-refractivity contribution in [3.63, 3.8) is 0 Å². The zero-order chi connectivity index (χ0) is 17.5. The van der Waals surface area contributed by atoms with E-state index < -0.39 is 0 Å². The molecule has 0 atom stereocenters. The van der Waals surface area contributed by atoms with Gasteiger partial charge in [0, 0.05) is 18.6 Å². The standard InChI is InChI=1S/C18H19ClN2O4/c1-22-4-5-23-6-7-24-15-3-2-13-8-18(25-17(13)9-15)16-12-20-14(10-19)11-21-16/h2-3,8-9,11-12H,4-7,10H2,1H3. The van der Waals surface area contributed by atoms with Gasteiger partial charge in [-0.15, -0.1) is 11.6 Å². The van der Waals surface area contributed by atoms with Crippen LogP contribution in [0.1, 0.15) is 5.69 Å². The smallest absolute Gasteiger partial charge is 0.155 e. The highest BCUT2D eigenvalue weighted by Gasteiger charge is 2.09. The van der Waals surface area contributed by atoms with E-state index >= 15 is 0 Å². The van der Waals surface area contributed by atoms with E-state index in [2.05, 4.69) is 9.97 Å². The molecule has 0 spiro atoms. The van der Waals surface area contributed by atoms with Crippen LogP contribution in [0.4, 0.5) is 0 Å². The fraction of sp³-hybridized carbons (Fsp3) is 0.333. The molecule has 2 aromatic heterocycles. The topological polar surface area (TPSA) is 66.6 Å². The Bertz CT molecular complexity index is 804. The van der Waals surface area contributed by atoms with Gasteiger partial charge in [0.15, 0.2) is 5.76 Å². The van der Waals surface area contributed by atoms with Gasteiger partial charge in [-0.3, -0.25) is 4.98 Å². The number of hydrogen-bond acceptors (Lipinski definition) is 6. The van der Waals surface area contributed by atoms with Crippen molar-refractivity contribution >= 4 is 22.6 Å². The van der Waals surface area contributed by atoms with Gasteiger partial charge in [0.1, 0.15) is 23.6 Å². The van der Waals surface area contributed by atoms with Crippen LogP contribution < -0.4 is 4.74 Å². The lowest BCUT2D eigenvalue weighted by molar-refractivity contribution is 0.0544. The van der Waals surface area contributed by atoms with Crippen molar-refractivity contribution in [1.82, 2.24) is 9.97 Å². The summed E-state index contributed by atoms with van der Waals surface area (Å²) in [7, 11) is 1.64. The Morgan fingerprint density at radius 2 is 1.92 bits per heavy atom. The third kappa shape index (κ3) is 4.69. The summed E-state index contributed by atoms with van der Waals surface area (Å²) in [6.45, 7) is 2.11. The molecule has 3 aromatic rings. The highest BCUT2D eigenvalue weighted by Crippen LogP contribution is 2.29. The quantitative estimate of drug-likeness (QED) is 0.427. The summed E-state index contributed by atoms with van der Waals surface area (Å²) in [6.07, 6.45) is 3.30. The van der Waals surface area contributed by atoms with Crippen LogP contribution in [-0.2, 0) is 15.4 Å². The second-order valence-corrected chi connectivity index (χ2v) is 5.56. The van der Waals surface area contributed by atoms with E-state index in [1.165, 1.54) is 0 Å². The molecule has 0 saturated carbocycles. The van der Waals surface area contributed by atoms with Gasteiger partial charge in [-0.1, -0.05) is 0 Å². The first-order valence-electron chi connectivity index (χ1n) is 7.90. The van der Waals surface area contributed by atoms with Crippen molar-refractivity contribution in [3.8, 4) is 17.2 Å². The molecule has 3 rings (SSSR count). The highest BCUT2D eigenvalue weighted by atomic mass is 35.5. The Kier molecular flexibility index (Phi) is 6.22. The number of fused-ring (bicyclic) bond motifs is 1. The third-order valence-corrected chi connectivity index (χ3v) is 3.79. The molecule has 0 amide bonds. The Morgan fingerprint density at radius 1 is 1.04 bits per heavy atom. The van der Waals surface area contributed by atoms with Gasteiger partial charge in [0.2, 0.25) is 0 Å². The normalized spacial score (nSPS) is 11.1. The Hall–Kier alpha value is -2.15. The van der Waals surface area contributed by atoms with Crippen LogP contribution in [0.3, 0.4) is 0 Å². The molecule has 0 unspecified atom stereocenters. The molecule has 2 heterocycles. The van der Waals surface area contributed by atoms with Crippen LogP contribution in [0.2, 0.25) is 0 Å². The van der Waals surface area contributed by atoms with Crippen molar-refractivity contribution in [2.45, 2.75) is 5.88 Å². The molecule has 0 saturated heterocycles. The first kappa shape index (κ1) is 17.7. The molecule has 0 radical (unpaired) electrons. The average Bonchev–Trinajstić information content (AvgIpc) is 3.08. The number of methoxy groups -OCH3 is 1. The van der Waals surface area contributed by atoms with Gasteiger partial charge in [0.25, 0.3) is 0 Å². The molecule has 0 bridgehead atoms. The largest absolute Gasteiger partial charge is 0.491 e. The molecule has 132 valence electrons. The van der Waals surface area contributed by atoms with Crippen molar-refractivity contribution in [2.24, 2.45) is 0 Å². The van der Waals surface area contributed by atoms with Crippen molar-refractivity contribution in [2.75, 3.05) is 33.5 Å². The molecule has 7 heteroatoms. The van der Waals surface area contributed by atoms with E-state index in [4.69, 9.17) is 30.2 Å². The first-order chi connectivity index (χ1) is 12.3. The number of benzene rings is 1. The summed E-state index contributed by atoms with van der Waals surface area (Å²) < 4.78 is 21.8. The van der Waals surface area contributed by atoms with Gasteiger partial charge in [-0.2, -0.15) is 0 Å².